The molecule has 0 aromatic heterocycles. The van der Waals surface area contributed by atoms with Gasteiger partial charge in [0.1, 0.15) is 5.75 Å². The van der Waals surface area contributed by atoms with Crippen LogP contribution in [0, 0.1) is 0 Å². The molecule has 0 saturated heterocycles. The second-order valence-electron chi connectivity index (χ2n) is 4.48. The summed E-state index contributed by atoms with van der Waals surface area (Å²) in [6.07, 6.45) is -0.282. The van der Waals surface area contributed by atoms with Crippen molar-refractivity contribution < 1.29 is 23.4 Å². The summed E-state index contributed by atoms with van der Waals surface area (Å²) in [4.78, 5) is 10.7. The number of benzene rings is 2. The summed E-state index contributed by atoms with van der Waals surface area (Å²) in [5.74, 6) is -1.36. The number of nitrogens with one attached hydrogen (secondary N) is 1. The summed E-state index contributed by atoms with van der Waals surface area (Å²) in [5, 5.41) is 18.9. The van der Waals surface area contributed by atoms with Crippen LogP contribution in [0.15, 0.2) is 47.4 Å². The molecule has 0 aliphatic rings. The van der Waals surface area contributed by atoms with Crippen molar-refractivity contribution in [3.8, 4) is 5.75 Å². The topological polar surface area (TPSA) is 104 Å². The lowest BCUT2D eigenvalue weighted by molar-refractivity contribution is -0.136. The van der Waals surface area contributed by atoms with Crippen LogP contribution < -0.4 is 4.72 Å². The van der Waals surface area contributed by atoms with Crippen molar-refractivity contribution in [3.63, 3.8) is 0 Å². The van der Waals surface area contributed by atoms with Crippen molar-refractivity contribution in [2.45, 2.75) is 11.3 Å². The monoisotopic (exact) mass is 341 g/mol. The van der Waals surface area contributed by atoms with Gasteiger partial charge in [-0.25, -0.2) is 8.42 Å². The number of carboxylic acids is 1. The molecule has 8 heteroatoms. The Hall–Kier alpha value is -2.25. The Kier molecular flexibility index (Phi) is 4.58. The number of carbonyl (C=O) groups is 1. The molecule has 0 unspecified atom stereocenters. The van der Waals surface area contributed by atoms with E-state index in [0.29, 0.717) is 10.6 Å². The maximum Gasteiger partial charge on any atom is 0.307 e. The Balaban J connectivity index is 2.32. The first-order chi connectivity index (χ1) is 10.3. The molecular weight excluding hydrogens is 330 g/mol. The van der Waals surface area contributed by atoms with E-state index in [1.807, 2.05) is 0 Å². The molecule has 0 bridgehead atoms. The van der Waals surface area contributed by atoms with E-state index >= 15 is 0 Å². The minimum Gasteiger partial charge on any atom is -0.506 e. The molecule has 0 radical (unpaired) electrons. The van der Waals surface area contributed by atoms with Crippen LogP contribution in [0.25, 0.3) is 0 Å². The number of carboxylic acid groups (broad SMARTS) is 1. The zero-order valence-corrected chi connectivity index (χ0v) is 12.7. The quantitative estimate of drug-likeness (QED) is 0.725. The Morgan fingerprint density at radius 3 is 2.36 bits per heavy atom. The lowest BCUT2D eigenvalue weighted by atomic mass is 10.1. The van der Waals surface area contributed by atoms with Crippen LogP contribution >= 0.6 is 11.6 Å². The highest BCUT2D eigenvalue weighted by molar-refractivity contribution is 7.92. The van der Waals surface area contributed by atoms with Crippen molar-refractivity contribution >= 4 is 33.3 Å². The third-order valence-corrected chi connectivity index (χ3v) is 4.42. The molecule has 0 saturated carbocycles. The number of aromatic hydroxyl groups is 1. The fraction of sp³-hybridized carbons (Fsp3) is 0.0714. The molecule has 0 aliphatic heterocycles. The number of phenolic OH excluding ortho intramolecular Hbond substituents is 1. The molecule has 0 amide bonds. The van der Waals surface area contributed by atoms with Gasteiger partial charge in [-0.1, -0.05) is 17.7 Å². The molecule has 0 atom stereocenters. The van der Waals surface area contributed by atoms with E-state index in [4.69, 9.17) is 16.7 Å². The normalized spacial score (nSPS) is 11.1. The number of phenols is 1. The van der Waals surface area contributed by atoms with Gasteiger partial charge >= 0.3 is 5.97 Å². The van der Waals surface area contributed by atoms with Crippen molar-refractivity contribution in [3.05, 3.63) is 53.1 Å². The van der Waals surface area contributed by atoms with Crippen molar-refractivity contribution in [1.29, 1.82) is 0 Å². The molecule has 2 rings (SSSR count). The molecule has 0 fully saturated rings. The second kappa shape index (κ2) is 6.25. The first-order valence-electron chi connectivity index (χ1n) is 6.10. The maximum atomic E-state index is 12.2. The average Bonchev–Trinajstić information content (AvgIpc) is 2.42. The standard InChI is InChI=1S/C14H12ClNO5S/c15-10-2-4-11(5-3-10)22(20,21)16-12-7-9(8-14(18)19)1-6-13(12)17/h1-7,16-17H,8H2,(H,18,19). The third-order valence-electron chi connectivity index (χ3n) is 2.78. The lowest BCUT2D eigenvalue weighted by Gasteiger charge is -2.11. The fourth-order valence-electron chi connectivity index (χ4n) is 1.77. The first kappa shape index (κ1) is 16.1. The van der Waals surface area contributed by atoms with Gasteiger partial charge in [0.05, 0.1) is 17.0 Å². The predicted molar refractivity (Wildman–Crippen MR) is 81.7 cm³/mol. The molecule has 3 N–H and O–H groups in total. The number of hydrogen-bond donors (Lipinski definition) is 3. The molecule has 0 spiro atoms. The number of sulfonamides is 1. The van der Waals surface area contributed by atoms with E-state index < -0.39 is 16.0 Å². The van der Waals surface area contributed by atoms with Gasteiger partial charge in [-0.3, -0.25) is 9.52 Å². The number of aliphatic carboxylic acids is 1. The van der Waals surface area contributed by atoms with Crippen LogP contribution in [0.2, 0.25) is 5.02 Å². The van der Waals surface area contributed by atoms with Gasteiger partial charge < -0.3 is 10.2 Å². The van der Waals surface area contributed by atoms with E-state index in [1.165, 1.54) is 42.5 Å². The van der Waals surface area contributed by atoms with E-state index in [1.54, 1.807) is 0 Å². The van der Waals surface area contributed by atoms with E-state index in [2.05, 4.69) is 4.72 Å². The van der Waals surface area contributed by atoms with Crippen LogP contribution in [0.1, 0.15) is 5.56 Å². The van der Waals surface area contributed by atoms with Crippen LogP contribution in [-0.4, -0.2) is 24.6 Å². The van der Waals surface area contributed by atoms with Crippen molar-refractivity contribution in [2.24, 2.45) is 0 Å². The number of hydrogen-bond acceptors (Lipinski definition) is 4. The van der Waals surface area contributed by atoms with Crippen LogP contribution in [-0.2, 0) is 21.2 Å². The summed E-state index contributed by atoms with van der Waals surface area (Å²) in [5.41, 5.74) is 0.271. The SMILES string of the molecule is O=C(O)Cc1ccc(O)c(NS(=O)(=O)c2ccc(Cl)cc2)c1. The summed E-state index contributed by atoms with van der Waals surface area (Å²) in [6, 6.07) is 9.41. The van der Waals surface area contributed by atoms with E-state index in [-0.39, 0.29) is 22.8 Å². The average molecular weight is 342 g/mol. The van der Waals surface area contributed by atoms with Gasteiger partial charge in [0, 0.05) is 5.02 Å². The Bertz CT molecular complexity index is 802. The zero-order chi connectivity index (χ0) is 16.3. The molecule has 6 nitrogen and oxygen atoms in total. The summed E-state index contributed by atoms with van der Waals surface area (Å²) in [7, 11) is -3.91. The summed E-state index contributed by atoms with van der Waals surface area (Å²) >= 11 is 5.71. The molecule has 2 aromatic rings. The lowest BCUT2D eigenvalue weighted by Crippen LogP contribution is -2.13. The van der Waals surface area contributed by atoms with Gasteiger partial charge in [-0.15, -0.1) is 0 Å². The highest BCUT2D eigenvalue weighted by Gasteiger charge is 2.16. The molecule has 0 aliphatic carbocycles. The Labute approximate surface area is 132 Å². The van der Waals surface area contributed by atoms with Gasteiger partial charge in [0.25, 0.3) is 10.0 Å². The predicted octanol–water partition coefficient (Wildman–Crippen LogP) is 2.47. The second-order valence-corrected chi connectivity index (χ2v) is 6.60. The van der Waals surface area contributed by atoms with Crippen LogP contribution in [0.3, 0.4) is 0 Å². The van der Waals surface area contributed by atoms with Gasteiger partial charge in [0.2, 0.25) is 0 Å². The number of anilines is 1. The smallest absolute Gasteiger partial charge is 0.307 e. The van der Waals surface area contributed by atoms with Gasteiger partial charge in [-0.05, 0) is 42.0 Å². The maximum absolute atomic E-state index is 12.2. The molecule has 0 heterocycles. The van der Waals surface area contributed by atoms with Crippen LogP contribution in [0.4, 0.5) is 5.69 Å². The Morgan fingerprint density at radius 2 is 1.77 bits per heavy atom. The number of rotatable bonds is 5. The molecule has 2 aromatic carbocycles. The molecular formula is C14H12ClNO5S. The molecule has 22 heavy (non-hydrogen) atoms. The van der Waals surface area contributed by atoms with Gasteiger partial charge in [-0.2, -0.15) is 0 Å². The Morgan fingerprint density at radius 1 is 1.14 bits per heavy atom. The zero-order valence-electron chi connectivity index (χ0n) is 11.2. The van der Waals surface area contributed by atoms with Crippen molar-refractivity contribution in [1.82, 2.24) is 0 Å². The van der Waals surface area contributed by atoms with Gasteiger partial charge in [0.15, 0.2) is 0 Å². The highest BCUT2D eigenvalue weighted by Crippen LogP contribution is 2.27. The summed E-state index contributed by atoms with van der Waals surface area (Å²) in [6.45, 7) is 0. The minimum absolute atomic E-state index is 0.0278. The molecule has 116 valence electrons. The number of halogens is 1. The van der Waals surface area contributed by atoms with E-state index in [0.717, 1.165) is 0 Å². The fourth-order valence-corrected chi connectivity index (χ4v) is 2.96. The van der Waals surface area contributed by atoms with E-state index in [9.17, 15) is 18.3 Å². The highest BCUT2D eigenvalue weighted by atomic mass is 35.5. The van der Waals surface area contributed by atoms with Crippen molar-refractivity contribution in [2.75, 3.05) is 4.72 Å². The van der Waals surface area contributed by atoms with Crippen LogP contribution in [0.5, 0.6) is 5.75 Å². The minimum atomic E-state index is -3.91. The summed E-state index contributed by atoms with van der Waals surface area (Å²) < 4.78 is 26.7. The largest absolute Gasteiger partial charge is 0.506 e. The third kappa shape index (κ3) is 3.90. The first-order valence-corrected chi connectivity index (χ1v) is 7.96.